The summed E-state index contributed by atoms with van der Waals surface area (Å²) in [7, 11) is 4.26. The minimum atomic E-state index is 0.0772. The van der Waals surface area contributed by atoms with Crippen LogP contribution in [0, 0.1) is 5.92 Å². The van der Waals surface area contributed by atoms with Gasteiger partial charge in [-0.05, 0) is 80.1 Å². The summed E-state index contributed by atoms with van der Waals surface area (Å²) in [4.78, 5) is 2.26. The highest BCUT2D eigenvalue weighted by molar-refractivity contribution is 5.54. The molecule has 0 aliphatic heterocycles. The second-order valence-corrected chi connectivity index (χ2v) is 7.67. The minimum absolute atomic E-state index is 0.0772. The van der Waals surface area contributed by atoms with Crippen molar-refractivity contribution in [2.24, 2.45) is 5.92 Å². The molecule has 2 aromatic rings. The monoisotopic (exact) mass is 351 g/mol. The average molecular weight is 351 g/mol. The number of hydrogen-bond donors (Lipinski definition) is 2. The zero-order valence-electron chi connectivity index (χ0n) is 15.7. The summed E-state index contributed by atoms with van der Waals surface area (Å²) in [6, 6.07) is 15.9. The summed E-state index contributed by atoms with van der Waals surface area (Å²) in [6.45, 7) is 1.14. The van der Waals surface area contributed by atoms with Gasteiger partial charge in [-0.2, -0.15) is 0 Å². The number of phenols is 1. The van der Waals surface area contributed by atoms with Crippen LogP contribution in [0.3, 0.4) is 0 Å². The zero-order valence-corrected chi connectivity index (χ0v) is 15.7. The lowest BCUT2D eigenvalue weighted by Gasteiger charge is -2.35. The van der Waals surface area contributed by atoms with E-state index in [2.05, 4.69) is 43.3 Å². The van der Waals surface area contributed by atoms with Crippen molar-refractivity contribution in [1.29, 1.82) is 0 Å². The summed E-state index contributed by atoms with van der Waals surface area (Å²) in [6.07, 6.45) is 5.56. The summed E-state index contributed by atoms with van der Waals surface area (Å²) in [5, 5.41) is 19.3. The van der Waals surface area contributed by atoms with Crippen LogP contribution in [0.25, 0.3) is 6.08 Å². The number of aliphatic hydroxyl groups is 1. The van der Waals surface area contributed by atoms with Crippen molar-refractivity contribution in [3.8, 4) is 5.75 Å². The fraction of sp³-hybridized carbons (Fsp3) is 0.391. The first-order valence-electron chi connectivity index (χ1n) is 9.38. The molecule has 1 aliphatic carbocycles. The highest BCUT2D eigenvalue weighted by Crippen LogP contribution is 2.42. The van der Waals surface area contributed by atoms with Gasteiger partial charge in [-0.3, -0.25) is 0 Å². The second kappa shape index (κ2) is 8.52. The fourth-order valence-electron chi connectivity index (χ4n) is 4.10. The molecule has 2 N–H and O–H groups in total. The van der Waals surface area contributed by atoms with Crippen molar-refractivity contribution in [2.45, 2.75) is 31.8 Å². The van der Waals surface area contributed by atoms with Crippen molar-refractivity contribution in [3.63, 3.8) is 0 Å². The van der Waals surface area contributed by atoms with Gasteiger partial charge in [-0.1, -0.05) is 42.0 Å². The molecule has 2 aromatic carbocycles. The number of nitrogens with zero attached hydrogens (tertiary/aromatic N) is 1. The van der Waals surface area contributed by atoms with Gasteiger partial charge in [0.15, 0.2) is 0 Å². The SMILES string of the molecule is CN(C)CC1CC/C(=C\c2cccc(CO)c2)CC1c1cccc(O)c1. The van der Waals surface area contributed by atoms with Gasteiger partial charge in [0.25, 0.3) is 0 Å². The van der Waals surface area contributed by atoms with Gasteiger partial charge < -0.3 is 15.1 Å². The van der Waals surface area contributed by atoms with Gasteiger partial charge in [0, 0.05) is 6.54 Å². The smallest absolute Gasteiger partial charge is 0.115 e. The van der Waals surface area contributed by atoms with Gasteiger partial charge in [-0.15, -0.1) is 0 Å². The molecule has 26 heavy (non-hydrogen) atoms. The van der Waals surface area contributed by atoms with Crippen molar-refractivity contribution in [3.05, 3.63) is 70.8 Å². The first-order chi connectivity index (χ1) is 12.5. The standard InChI is InChI=1S/C23H29NO2/c1-24(2)15-21-10-9-18(11-17-5-3-6-19(12-17)16-25)13-23(21)20-7-4-8-22(26)14-20/h3-8,11-12,14,21,23,25-26H,9-10,13,15-16H2,1-2H3/b18-11+. The Hall–Kier alpha value is -2.10. The third-order valence-corrected chi connectivity index (χ3v) is 5.29. The third kappa shape index (κ3) is 4.75. The van der Waals surface area contributed by atoms with Crippen LogP contribution in [0.5, 0.6) is 5.75 Å². The van der Waals surface area contributed by atoms with E-state index in [0.29, 0.717) is 17.6 Å². The zero-order chi connectivity index (χ0) is 18.5. The molecule has 0 aromatic heterocycles. The minimum Gasteiger partial charge on any atom is -0.508 e. The lowest BCUT2D eigenvalue weighted by molar-refractivity contribution is 0.256. The van der Waals surface area contributed by atoms with E-state index in [4.69, 9.17) is 0 Å². The van der Waals surface area contributed by atoms with E-state index >= 15 is 0 Å². The summed E-state index contributed by atoms with van der Waals surface area (Å²) >= 11 is 0. The molecular formula is C23H29NO2. The number of allylic oxidation sites excluding steroid dienone is 1. The van der Waals surface area contributed by atoms with E-state index in [1.54, 1.807) is 6.07 Å². The Morgan fingerprint density at radius 3 is 2.65 bits per heavy atom. The highest BCUT2D eigenvalue weighted by atomic mass is 16.3. The molecular weight excluding hydrogens is 322 g/mol. The Kier molecular flexibility index (Phi) is 6.12. The number of phenolic OH excluding ortho intramolecular Hbond substituents is 1. The van der Waals surface area contributed by atoms with Crippen LogP contribution < -0.4 is 0 Å². The van der Waals surface area contributed by atoms with Gasteiger partial charge in [-0.25, -0.2) is 0 Å². The van der Waals surface area contributed by atoms with Crippen LogP contribution in [-0.4, -0.2) is 35.8 Å². The van der Waals surface area contributed by atoms with Crippen molar-refractivity contribution >= 4 is 6.08 Å². The summed E-state index contributed by atoms with van der Waals surface area (Å²) in [5.74, 6) is 1.36. The fourth-order valence-corrected chi connectivity index (χ4v) is 4.10. The summed E-state index contributed by atoms with van der Waals surface area (Å²) < 4.78 is 0. The molecule has 3 nitrogen and oxygen atoms in total. The van der Waals surface area contributed by atoms with Crippen molar-refractivity contribution < 1.29 is 10.2 Å². The summed E-state index contributed by atoms with van der Waals surface area (Å²) in [5.41, 5.74) is 4.78. The van der Waals surface area contributed by atoms with E-state index in [1.807, 2.05) is 24.3 Å². The Balaban J connectivity index is 1.86. The Morgan fingerprint density at radius 2 is 1.92 bits per heavy atom. The molecule has 2 unspecified atom stereocenters. The topological polar surface area (TPSA) is 43.7 Å². The largest absolute Gasteiger partial charge is 0.508 e. The van der Waals surface area contributed by atoms with Crippen LogP contribution in [0.15, 0.2) is 54.1 Å². The molecule has 0 heterocycles. The first kappa shape index (κ1) is 18.7. The van der Waals surface area contributed by atoms with E-state index in [-0.39, 0.29) is 6.61 Å². The molecule has 0 bridgehead atoms. The van der Waals surface area contributed by atoms with E-state index in [1.165, 1.54) is 11.1 Å². The number of aromatic hydroxyl groups is 1. The molecule has 3 heteroatoms. The predicted octanol–water partition coefficient (Wildman–Crippen LogP) is 4.41. The number of hydrogen-bond acceptors (Lipinski definition) is 3. The predicted molar refractivity (Wildman–Crippen MR) is 107 cm³/mol. The second-order valence-electron chi connectivity index (χ2n) is 7.67. The number of benzene rings is 2. The first-order valence-corrected chi connectivity index (χ1v) is 9.38. The van der Waals surface area contributed by atoms with Crippen LogP contribution in [-0.2, 0) is 6.61 Å². The number of rotatable bonds is 5. The maximum Gasteiger partial charge on any atom is 0.115 e. The molecule has 0 saturated heterocycles. The molecule has 2 atom stereocenters. The third-order valence-electron chi connectivity index (χ3n) is 5.29. The van der Waals surface area contributed by atoms with Gasteiger partial charge >= 0.3 is 0 Å². The molecule has 138 valence electrons. The van der Waals surface area contributed by atoms with E-state index < -0.39 is 0 Å². The molecule has 0 spiro atoms. The Bertz CT molecular complexity index is 766. The van der Waals surface area contributed by atoms with Crippen LogP contribution in [0.4, 0.5) is 0 Å². The van der Waals surface area contributed by atoms with Crippen molar-refractivity contribution in [1.82, 2.24) is 4.90 Å². The van der Waals surface area contributed by atoms with Gasteiger partial charge in [0.05, 0.1) is 6.61 Å². The molecule has 1 fully saturated rings. The lowest BCUT2D eigenvalue weighted by atomic mass is 9.73. The lowest BCUT2D eigenvalue weighted by Crippen LogP contribution is -2.29. The van der Waals surface area contributed by atoms with E-state index in [9.17, 15) is 10.2 Å². The Morgan fingerprint density at radius 1 is 1.12 bits per heavy atom. The van der Waals surface area contributed by atoms with Crippen LogP contribution in [0.1, 0.15) is 41.9 Å². The Labute approximate surface area is 156 Å². The average Bonchev–Trinajstić information content (AvgIpc) is 2.63. The molecule has 1 saturated carbocycles. The maximum atomic E-state index is 9.92. The quantitative estimate of drug-likeness (QED) is 0.838. The molecule has 0 amide bonds. The van der Waals surface area contributed by atoms with Crippen LogP contribution in [0.2, 0.25) is 0 Å². The normalized spacial score (nSPS) is 22.1. The van der Waals surface area contributed by atoms with E-state index in [0.717, 1.165) is 36.9 Å². The van der Waals surface area contributed by atoms with Gasteiger partial charge in [0.1, 0.15) is 5.75 Å². The molecule has 3 rings (SSSR count). The number of aliphatic hydroxyl groups excluding tert-OH is 1. The molecule has 1 aliphatic rings. The van der Waals surface area contributed by atoms with Gasteiger partial charge in [0.2, 0.25) is 0 Å². The maximum absolute atomic E-state index is 9.92. The highest BCUT2D eigenvalue weighted by Gasteiger charge is 2.29. The van der Waals surface area contributed by atoms with Crippen molar-refractivity contribution in [2.75, 3.05) is 20.6 Å². The molecule has 0 radical (unpaired) electrons. The van der Waals surface area contributed by atoms with Crippen LogP contribution >= 0.6 is 0 Å².